The highest BCUT2D eigenvalue weighted by Gasteiger charge is 2.32. The molecule has 0 spiro atoms. The largest absolute Gasteiger partial charge is 0.354 e. The number of para-hydroxylation sites is 1. The first-order valence-electron chi connectivity index (χ1n) is 8.05. The van der Waals surface area contributed by atoms with Crippen molar-refractivity contribution in [2.24, 2.45) is 0 Å². The Morgan fingerprint density at radius 2 is 2.23 bits per heavy atom. The summed E-state index contributed by atoms with van der Waals surface area (Å²) in [5.41, 5.74) is 0.921. The summed E-state index contributed by atoms with van der Waals surface area (Å²) in [6.45, 7) is 3.75. The molecule has 1 aliphatic heterocycles. The molecule has 1 aliphatic rings. The van der Waals surface area contributed by atoms with Gasteiger partial charge in [-0.05, 0) is 31.4 Å². The van der Waals surface area contributed by atoms with Gasteiger partial charge in [-0.1, -0.05) is 25.5 Å². The number of amides is 1. The van der Waals surface area contributed by atoms with Crippen LogP contribution in [0, 0.1) is 0 Å². The fraction of sp³-hybridized carbons (Fsp3) is 0.471. The second kappa shape index (κ2) is 6.73. The molecule has 2 heterocycles. The fourth-order valence-corrected chi connectivity index (χ4v) is 3.02. The van der Waals surface area contributed by atoms with E-state index in [1.54, 1.807) is 6.33 Å². The summed E-state index contributed by atoms with van der Waals surface area (Å²) in [5.74, 6) is 0.993. The zero-order chi connectivity index (χ0) is 15.4. The number of fused-ring (bicyclic) bond motifs is 1. The Bertz CT molecular complexity index is 653. The maximum atomic E-state index is 12.4. The normalized spacial score (nSPS) is 17.9. The van der Waals surface area contributed by atoms with E-state index in [9.17, 15) is 4.79 Å². The topological polar surface area (TPSA) is 58.1 Å². The van der Waals surface area contributed by atoms with Gasteiger partial charge in [-0.15, -0.1) is 0 Å². The van der Waals surface area contributed by atoms with E-state index in [0.717, 1.165) is 55.5 Å². The third-order valence-electron chi connectivity index (χ3n) is 4.18. The summed E-state index contributed by atoms with van der Waals surface area (Å²) in [6, 6.07) is 7.84. The number of carbonyl (C=O) groups excluding carboxylic acids is 1. The third kappa shape index (κ3) is 2.89. The van der Waals surface area contributed by atoms with Crippen LogP contribution < -0.4 is 10.2 Å². The van der Waals surface area contributed by atoms with Gasteiger partial charge in [0, 0.05) is 18.5 Å². The smallest absolute Gasteiger partial charge is 0.242 e. The number of rotatable bonds is 5. The van der Waals surface area contributed by atoms with Gasteiger partial charge in [0.2, 0.25) is 5.91 Å². The summed E-state index contributed by atoms with van der Waals surface area (Å²) >= 11 is 0. The quantitative estimate of drug-likeness (QED) is 0.862. The fourth-order valence-electron chi connectivity index (χ4n) is 3.02. The van der Waals surface area contributed by atoms with Crippen LogP contribution in [0.1, 0.15) is 32.6 Å². The van der Waals surface area contributed by atoms with Crippen molar-refractivity contribution in [3.63, 3.8) is 0 Å². The minimum atomic E-state index is -0.116. The van der Waals surface area contributed by atoms with Gasteiger partial charge in [0.15, 0.2) is 0 Å². The number of benzene rings is 1. The molecule has 1 N–H and O–H groups in total. The van der Waals surface area contributed by atoms with E-state index in [4.69, 9.17) is 0 Å². The number of nitrogens with one attached hydrogen (secondary N) is 1. The van der Waals surface area contributed by atoms with Crippen molar-refractivity contribution in [3.8, 4) is 0 Å². The van der Waals surface area contributed by atoms with Crippen LogP contribution in [0.3, 0.4) is 0 Å². The van der Waals surface area contributed by atoms with Crippen molar-refractivity contribution in [1.29, 1.82) is 0 Å². The first-order chi connectivity index (χ1) is 10.8. The predicted molar refractivity (Wildman–Crippen MR) is 87.8 cm³/mol. The van der Waals surface area contributed by atoms with Crippen LogP contribution in [0.5, 0.6) is 0 Å². The van der Waals surface area contributed by atoms with Crippen LogP contribution in [0.15, 0.2) is 30.6 Å². The van der Waals surface area contributed by atoms with E-state index in [0.29, 0.717) is 0 Å². The van der Waals surface area contributed by atoms with E-state index in [1.807, 2.05) is 24.3 Å². The standard InChI is InChI=1S/C17H22N4O/c1-2-3-10-18-17(22)15-9-6-11-21(15)16-13-7-4-5-8-14(13)19-12-20-16/h4-5,7-8,12,15H,2-3,6,9-11H2,1H3,(H,18,22). The molecule has 1 unspecified atom stereocenters. The number of carbonyl (C=O) groups is 1. The zero-order valence-electron chi connectivity index (χ0n) is 13.0. The summed E-state index contributed by atoms with van der Waals surface area (Å²) in [6.07, 6.45) is 5.60. The predicted octanol–water partition coefficient (Wildman–Crippen LogP) is 2.51. The molecule has 1 saturated heterocycles. The highest BCUT2D eigenvalue weighted by Crippen LogP contribution is 2.29. The van der Waals surface area contributed by atoms with Gasteiger partial charge >= 0.3 is 0 Å². The highest BCUT2D eigenvalue weighted by atomic mass is 16.2. The lowest BCUT2D eigenvalue weighted by Gasteiger charge is -2.25. The van der Waals surface area contributed by atoms with Gasteiger partial charge in [0.25, 0.3) is 0 Å². The SMILES string of the molecule is CCCCNC(=O)C1CCCN1c1ncnc2ccccc12. The minimum Gasteiger partial charge on any atom is -0.354 e. The van der Waals surface area contributed by atoms with E-state index in [-0.39, 0.29) is 11.9 Å². The van der Waals surface area contributed by atoms with E-state index < -0.39 is 0 Å². The van der Waals surface area contributed by atoms with Crippen molar-refractivity contribution >= 4 is 22.6 Å². The van der Waals surface area contributed by atoms with E-state index in [2.05, 4.69) is 27.1 Å². The highest BCUT2D eigenvalue weighted by molar-refractivity contribution is 5.93. The first-order valence-corrected chi connectivity index (χ1v) is 8.05. The number of nitrogens with zero attached hydrogens (tertiary/aromatic N) is 3. The molecular weight excluding hydrogens is 276 g/mol. The van der Waals surface area contributed by atoms with Crippen LogP contribution >= 0.6 is 0 Å². The summed E-state index contributed by atoms with van der Waals surface area (Å²) in [7, 11) is 0. The van der Waals surface area contributed by atoms with Gasteiger partial charge in [-0.3, -0.25) is 4.79 Å². The van der Waals surface area contributed by atoms with Crippen LogP contribution in [0.2, 0.25) is 0 Å². The molecule has 1 aromatic heterocycles. The molecule has 0 radical (unpaired) electrons. The van der Waals surface area contributed by atoms with Gasteiger partial charge in [0.1, 0.15) is 18.2 Å². The molecule has 1 atom stereocenters. The molecule has 5 heteroatoms. The molecule has 1 aromatic carbocycles. The average molecular weight is 298 g/mol. The Morgan fingerprint density at radius 1 is 1.36 bits per heavy atom. The summed E-state index contributed by atoms with van der Waals surface area (Å²) < 4.78 is 0. The maximum Gasteiger partial charge on any atom is 0.242 e. The first kappa shape index (κ1) is 14.8. The number of hydrogen-bond donors (Lipinski definition) is 1. The Morgan fingerprint density at radius 3 is 3.09 bits per heavy atom. The lowest BCUT2D eigenvalue weighted by molar-refractivity contribution is -0.122. The van der Waals surface area contributed by atoms with E-state index in [1.165, 1.54) is 0 Å². The van der Waals surface area contributed by atoms with Crippen LogP contribution in [0.4, 0.5) is 5.82 Å². The van der Waals surface area contributed by atoms with E-state index >= 15 is 0 Å². The Labute approximate surface area is 130 Å². The van der Waals surface area contributed by atoms with Crippen molar-refractivity contribution in [1.82, 2.24) is 15.3 Å². The van der Waals surface area contributed by atoms with Gasteiger partial charge in [-0.2, -0.15) is 0 Å². The molecule has 22 heavy (non-hydrogen) atoms. The molecule has 1 fully saturated rings. The van der Waals surface area contributed by atoms with Crippen LogP contribution in [-0.4, -0.2) is 35.0 Å². The van der Waals surface area contributed by atoms with Crippen molar-refractivity contribution in [2.45, 2.75) is 38.6 Å². The van der Waals surface area contributed by atoms with Crippen LogP contribution in [0.25, 0.3) is 10.9 Å². The molecule has 1 amide bonds. The molecule has 2 aromatic rings. The van der Waals surface area contributed by atoms with Gasteiger partial charge < -0.3 is 10.2 Å². The minimum absolute atomic E-state index is 0.116. The Kier molecular flexibility index (Phi) is 4.51. The third-order valence-corrected chi connectivity index (χ3v) is 4.18. The lowest BCUT2D eigenvalue weighted by Crippen LogP contribution is -2.44. The summed E-state index contributed by atoms with van der Waals surface area (Å²) in [4.78, 5) is 23.3. The van der Waals surface area contributed by atoms with Crippen molar-refractivity contribution in [2.75, 3.05) is 18.0 Å². The molecule has 116 valence electrons. The monoisotopic (exact) mass is 298 g/mol. The number of aromatic nitrogens is 2. The van der Waals surface area contributed by atoms with Crippen molar-refractivity contribution in [3.05, 3.63) is 30.6 Å². The molecule has 0 aliphatic carbocycles. The average Bonchev–Trinajstić information content (AvgIpc) is 3.04. The Balaban J connectivity index is 1.84. The van der Waals surface area contributed by atoms with Crippen LogP contribution in [-0.2, 0) is 4.79 Å². The molecular formula is C17H22N4O. The van der Waals surface area contributed by atoms with Gasteiger partial charge in [0.05, 0.1) is 5.52 Å². The lowest BCUT2D eigenvalue weighted by atomic mass is 10.2. The number of anilines is 1. The molecule has 3 rings (SSSR count). The second-order valence-corrected chi connectivity index (χ2v) is 5.71. The maximum absolute atomic E-state index is 12.4. The second-order valence-electron chi connectivity index (χ2n) is 5.71. The van der Waals surface area contributed by atoms with Crippen molar-refractivity contribution < 1.29 is 4.79 Å². The van der Waals surface area contributed by atoms with Gasteiger partial charge in [-0.25, -0.2) is 9.97 Å². The molecule has 0 bridgehead atoms. The summed E-state index contributed by atoms with van der Waals surface area (Å²) in [5, 5.41) is 4.06. The number of unbranched alkanes of at least 4 members (excludes halogenated alkanes) is 1. The molecule has 5 nitrogen and oxygen atoms in total. The molecule has 0 saturated carbocycles. The number of hydrogen-bond acceptors (Lipinski definition) is 4. The Hall–Kier alpha value is -2.17. The zero-order valence-corrected chi connectivity index (χ0v) is 13.0.